The van der Waals surface area contributed by atoms with E-state index in [1.165, 1.54) is 24.3 Å². The fraction of sp³-hybridized carbons (Fsp3) is 0.222. The van der Waals surface area contributed by atoms with Crippen LogP contribution in [0.1, 0.15) is 5.56 Å². The van der Waals surface area contributed by atoms with Crippen LogP contribution in [0.2, 0.25) is 5.02 Å². The number of anilines is 1. The predicted octanol–water partition coefficient (Wildman–Crippen LogP) is 3.13. The molecular weight excluding hydrogens is 343 g/mol. The summed E-state index contributed by atoms with van der Waals surface area (Å²) in [5, 5.41) is 6.35. The number of rotatable bonds is 5. The van der Waals surface area contributed by atoms with Gasteiger partial charge in [-0.15, -0.1) is 0 Å². The van der Waals surface area contributed by atoms with Crippen molar-refractivity contribution < 1.29 is 9.18 Å². The van der Waals surface area contributed by atoms with E-state index in [1.807, 2.05) is 36.2 Å². The average Bonchev–Trinajstić information content (AvgIpc) is 2.57. The van der Waals surface area contributed by atoms with Crippen LogP contribution in [0.4, 0.5) is 10.1 Å². The number of carbonyl (C=O) groups is 1. The molecule has 2 aromatic rings. The van der Waals surface area contributed by atoms with E-state index in [9.17, 15) is 9.18 Å². The number of hydrogen-bond donors (Lipinski definition) is 2. The fourth-order valence-corrected chi connectivity index (χ4v) is 2.48. The highest BCUT2D eigenvalue weighted by molar-refractivity contribution is 6.30. The second kappa shape index (κ2) is 9.03. The lowest BCUT2D eigenvalue weighted by Crippen LogP contribution is -2.42. The van der Waals surface area contributed by atoms with Gasteiger partial charge in [0.05, 0.1) is 6.54 Å². The van der Waals surface area contributed by atoms with Gasteiger partial charge >= 0.3 is 0 Å². The van der Waals surface area contributed by atoms with E-state index < -0.39 is 0 Å². The molecule has 0 saturated carbocycles. The summed E-state index contributed by atoms with van der Waals surface area (Å²) in [6, 6.07) is 13.2. The van der Waals surface area contributed by atoms with Gasteiger partial charge in [-0.05, 0) is 42.0 Å². The van der Waals surface area contributed by atoms with Crippen molar-refractivity contribution in [1.29, 1.82) is 0 Å². The van der Waals surface area contributed by atoms with E-state index in [2.05, 4.69) is 15.6 Å². The lowest BCUT2D eigenvalue weighted by atomic mass is 10.2. The van der Waals surface area contributed by atoms with Gasteiger partial charge in [-0.2, -0.15) is 0 Å². The molecule has 0 atom stereocenters. The van der Waals surface area contributed by atoms with E-state index in [0.717, 1.165) is 5.56 Å². The molecule has 0 aliphatic rings. The molecule has 0 aromatic heterocycles. The maximum Gasteiger partial charge on any atom is 0.243 e. The van der Waals surface area contributed by atoms with Crippen LogP contribution in [0.3, 0.4) is 0 Å². The summed E-state index contributed by atoms with van der Waals surface area (Å²) in [5.74, 6) is -0.0164. The molecule has 0 heterocycles. The van der Waals surface area contributed by atoms with Crippen LogP contribution >= 0.6 is 11.6 Å². The van der Waals surface area contributed by atoms with Gasteiger partial charge in [0.25, 0.3) is 0 Å². The van der Waals surface area contributed by atoms with Crippen molar-refractivity contribution in [2.24, 2.45) is 4.99 Å². The first-order chi connectivity index (χ1) is 12.0. The van der Waals surface area contributed by atoms with Crippen molar-refractivity contribution in [3.05, 3.63) is 64.9 Å². The van der Waals surface area contributed by atoms with E-state index in [1.54, 1.807) is 7.05 Å². The van der Waals surface area contributed by atoms with Crippen molar-refractivity contribution in [1.82, 2.24) is 10.2 Å². The second-order valence-electron chi connectivity index (χ2n) is 5.44. The van der Waals surface area contributed by atoms with Gasteiger partial charge in [-0.3, -0.25) is 9.79 Å². The molecule has 0 fully saturated rings. The van der Waals surface area contributed by atoms with Crippen molar-refractivity contribution >= 4 is 29.2 Å². The van der Waals surface area contributed by atoms with Gasteiger partial charge in [0.2, 0.25) is 5.91 Å². The molecule has 5 nitrogen and oxygen atoms in total. The normalized spacial score (nSPS) is 11.1. The van der Waals surface area contributed by atoms with Crippen molar-refractivity contribution in [2.45, 2.75) is 6.54 Å². The second-order valence-corrected chi connectivity index (χ2v) is 5.88. The Labute approximate surface area is 151 Å². The number of halogens is 2. The van der Waals surface area contributed by atoms with Crippen LogP contribution in [-0.2, 0) is 11.3 Å². The molecule has 132 valence electrons. The Hall–Kier alpha value is -2.60. The topological polar surface area (TPSA) is 56.7 Å². The molecule has 0 bridgehead atoms. The fourth-order valence-electron chi connectivity index (χ4n) is 2.27. The van der Waals surface area contributed by atoms with Gasteiger partial charge in [0.1, 0.15) is 5.82 Å². The Morgan fingerprint density at radius 1 is 1.24 bits per heavy atom. The third kappa shape index (κ3) is 6.08. The zero-order valence-electron chi connectivity index (χ0n) is 14.1. The Balaban J connectivity index is 1.86. The predicted molar refractivity (Wildman–Crippen MR) is 99.3 cm³/mol. The van der Waals surface area contributed by atoms with Gasteiger partial charge < -0.3 is 15.5 Å². The number of carbonyl (C=O) groups excluding carboxylic acids is 1. The summed E-state index contributed by atoms with van der Waals surface area (Å²) in [6.45, 7) is 0.643. The Kier molecular flexibility index (Phi) is 6.77. The SMILES string of the molecule is CN=C(NCC(=O)Nc1ccc(F)cc1)N(C)Cc1cccc(Cl)c1. The minimum absolute atomic E-state index is 0.0456. The van der Waals surface area contributed by atoms with Crippen molar-refractivity contribution in [3.63, 3.8) is 0 Å². The minimum Gasteiger partial charge on any atom is -0.347 e. The lowest BCUT2D eigenvalue weighted by molar-refractivity contribution is -0.115. The molecule has 25 heavy (non-hydrogen) atoms. The molecule has 0 unspecified atom stereocenters. The Morgan fingerprint density at radius 2 is 1.96 bits per heavy atom. The third-order valence-corrected chi connectivity index (χ3v) is 3.65. The standard InChI is InChI=1S/C18H20ClFN4O/c1-21-18(24(2)12-13-4-3-5-14(19)10-13)22-11-17(25)23-16-8-6-15(20)7-9-16/h3-10H,11-12H2,1-2H3,(H,21,22)(H,23,25). The van der Waals surface area contributed by atoms with Crippen LogP contribution in [0.5, 0.6) is 0 Å². The highest BCUT2D eigenvalue weighted by atomic mass is 35.5. The number of amides is 1. The summed E-state index contributed by atoms with van der Waals surface area (Å²) < 4.78 is 12.9. The first-order valence-corrected chi connectivity index (χ1v) is 8.07. The van der Waals surface area contributed by atoms with Crippen LogP contribution in [0, 0.1) is 5.82 Å². The lowest BCUT2D eigenvalue weighted by Gasteiger charge is -2.22. The van der Waals surface area contributed by atoms with E-state index >= 15 is 0 Å². The average molecular weight is 363 g/mol. The summed E-state index contributed by atoms with van der Waals surface area (Å²) in [7, 11) is 3.52. The van der Waals surface area contributed by atoms with Gasteiger partial charge in [-0.1, -0.05) is 23.7 Å². The van der Waals surface area contributed by atoms with E-state index in [-0.39, 0.29) is 18.3 Å². The summed E-state index contributed by atoms with van der Waals surface area (Å²) >= 11 is 5.99. The summed E-state index contributed by atoms with van der Waals surface area (Å²) in [6.07, 6.45) is 0. The molecule has 0 radical (unpaired) electrons. The molecule has 1 amide bonds. The number of guanidine groups is 1. The van der Waals surface area contributed by atoms with Crippen molar-refractivity contribution in [2.75, 3.05) is 26.0 Å². The number of hydrogen-bond acceptors (Lipinski definition) is 2. The molecule has 0 aliphatic heterocycles. The Morgan fingerprint density at radius 3 is 2.60 bits per heavy atom. The molecule has 2 rings (SSSR count). The molecule has 0 spiro atoms. The monoisotopic (exact) mass is 362 g/mol. The highest BCUT2D eigenvalue weighted by Crippen LogP contribution is 2.12. The van der Waals surface area contributed by atoms with E-state index in [0.29, 0.717) is 23.2 Å². The molecule has 0 saturated heterocycles. The zero-order valence-corrected chi connectivity index (χ0v) is 14.8. The van der Waals surface area contributed by atoms with Crippen LogP contribution in [-0.4, -0.2) is 37.4 Å². The number of nitrogens with zero attached hydrogens (tertiary/aromatic N) is 2. The summed E-state index contributed by atoms with van der Waals surface area (Å²) in [5.41, 5.74) is 1.57. The van der Waals surface area contributed by atoms with E-state index in [4.69, 9.17) is 11.6 Å². The Bertz CT molecular complexity index is 749. The maximum absolute atomic E-state index is 12.9. The van der Waals surface area contributed by atoms with Crippen LogP contribution < -0.4 is 10.6 Å². The molecule has 2 N–H and O–H groups in total. The van der Waals surface area contributed by atoms with Crippen LogP contribution in [0.25, 0.3) is 0 Å². The van der Waals surface area contributed by atoms with Crippen molar-refractivity contribution in [3.8, 4) is 0 Å². The largest absolute Gasteiger partial charge is 0.347 e. The smallest absolute Gasteiger partial charge is 0.243 e. The number of nitrogens with one attached hydrogen (secondary N) is 2. The molecular formula is C18H20ClFN4O. The highest BCUT2D eigenvalue weighted by Gasteiger charge is 2.09. The first kappa shape index (κ1) is 18.7. The van der Waals surface area contributed by atoms with Crippen LogP contribution in [0.15, 0.2) is 53.5 Å². The molecule has 2 aromatic carbocycles. The molecule has 0 aliphatic carbocycles. The quantitative estimate of drug-likeness (QED) is 0.634. The number of aliphatic imine (C=N–C) groups is 1. The number of benzene rings is 2. The minimum atomic E-state index is -0.348. The van der Waals surface area contributed by atoms with Gasteiger partial charge in [0.15, 0.2) is 5.96 Å². The maximum atomic E-state index is 12.9. The summed E-state index contributed by atoms with van der Waals surface area (Å²) in [4.78, 5) is 18.0. The zero-order chi connectivity index (χ0) is 18.2. The molecule has 7 heteroatoms. The van der Waals surface area contributed by atoms with Gasteiger partial charge in [-0.25, -0.2) is 4.39 Å². The van der Waals surface area contributed by atoms with Gasteiger partial charge in [0, 0.05) is 31.4 Å². The first-order valence-electron chi connectivity index (χ1n) is 7.69. The third-order valence-electron chi connectivity index (χ3n) is 3.42.